The third kappa shape index (κ3) is 4.51. The summed E-state index contributed by atoms with van der Waals surface area (Å²) in [5, 5.41) is 0. The molecule has 0 atom stereocenters. The van der Waals surface area contributed by atoms with Crippen LogP contribution in [0.5, 0.6) is 0 Å². The van der Waals surface area contributed by atoms with Crippen LogP contribution in [0.25, 0.3) is 0 Å². The quantitative estimate of drug-likeness (QED) is 0.498. The fraction of sp³-hybridized carbons (Fsp3) is 0.867. The molecule has 1 spiro atoms. The summed E-state index contributed by atoms with van der Waals surface area (Å²) in [4.78, 5) is 23.0. The van der Waals surface area contributed by atoms with E-state index in [1.165, 1.54) is 32.1 Å². The Morgan fingerprint density at radius 2 is 1.00 bits per heavy atom. The summed E-state index contributed by atoms with van der Waals surface area (Å²) in [7, 11) is 0. The van der Waals surface area contributed by atoms with Crippen LogP contribution >= 0.6 is 0 Å². The Balaban J connectivity index is 1.96. The van der Waals surface area contributed by atoms with E-state index in [4.69, 9.17) is 9.47 Å². The average Bonchev–Trinajstić information content (AvgIpc) is 2.33. The van der Waals surface area contributed by atoms with Crippen molar-refractivity contribution in [2.45, 2.75) is 82.8 Å². The Morgan fingerprint density at radius 1 is 0.632 bits per heavy atom. The lowest BCUT2D eigenvalue weighted by molar-refractivity contribution is -0.249. The van der Waals surface area contributed by atoms with Gasteiger partial charge in [0.05, 0.1) is 0 Å². The number of rotatable bonds is 0. The van der Waals surface area contributed by atoms with Gasteiger partial charge in [-0.1, -0.05) is 44.9 Å². The van der Waals surface area contributed by atoms with E-state index < -0.39 is 17.7 Å². The number of carbonyl (C=O) groups is 2. The van der Waals surface area contributed by atoms with Crippen molar-refractivity contribution in [3.63, 3.8) is 0 Å². The number of esters is 2. The maximum atomic E-state index is 11.5. The smallest absolute Gasteiger partial charge is 0.320 e. The lowest BCUT2D eigenvalue weighted by Crippen LogP contribution is -2.45. The van der Waals surface area contributed by atoms with Crippen LogP contribution in [0.1, 0.15) is 77.0 Å². The zero-order chi connectivity index (χ0) is 13.6. The molecule has 1 aliphatic heterocycles. The Labute approximate surface area is 114 Å². The molecule has 19 heavy (non-hydrogen) atoms. The molecule has 1 saturated carbocycles. The summed E-state index contributed by atoms with van der Waals surface area (Å²) in [6.07, 6.45) is 11.6. The van der Waals surface area contributed by atoms with Crippen molar-refractivity contribution >= 4 is 11.9 Å². The van der Waals surface area contributed by atoms with Crippen molar-refractivity contribution < 1.29 is 19.1 Å². The van der Waals surface area contributed by atoms with Gasteiger partial charge in [0.1, 0.15) is 6.42 Å². The predicted octanol–water partition coefficient (Wildman–Crippen LogP) is 3.48. The molecule has 4 heteroatoms. The highest BCUT2D eigenvalue weighted by Gasteiger charge is 2.42. The third-order valence-electron chi connectivity index (χ3n) is 4.00. The van der Waals surface area contributed by atoms with Crippen molar-refractivity contribution in [2.24, 2.45) is 0 Å². The second-order valence-electron chi connectivity index (χ2n) is 5.72. The summed E-state index contributed by atoms with van der Waals surface area (Å²) in [6, 6.07) is 0. The van der Waals surface area contributed by atoms with E-state index in [-0.39, 0.29) is 6.42 Å². The van der Waals surface area contributed by atoms with Crippen LogP contribution in [0.15, 0.2) is 0 Å². The van der Waals surface area contributed by atoms with Crippen LogP contribution in [0.2, 0.25) is 0 Å². The standard InChI is InChI=1S/C15H24O4/c16-13-12-14(17)19-15(18-13)10-8-6-4-2-1-3-5-7-9-11-15/h1-12H2. The number of hydrogen-bond acceptors (Lipinski definition) is 4. The van der Waals surface area contributed by atoms with E-state index in [0.717, 1.165) is 25.7 Å². The molecule has 0 aromatic heterocycles. The summed E-state index contributed by atoms with van der Waals surface area (Å²) < 4.78 is 10.8. The number of hydrogen-bond donors (Lipinski definition) is 0. The average molecular weight is 268 g/mol. The Hall–Kier alpha value is -1.06. The fourth-order valence-corrected chi connectivity index (χ4v) is 2.98. The molecule has 0 radical (unpaired) electrons. The second kappa shape index (κ2) is 6.92. The van der Waals surface area contributed by atoms with Gasteiger partial charge >= 0.3 is 11.9 Å². The lowest BCUT2D eigenvalue weighted by atomic mass is 9.96. The van der Waals surface area contributed by atoms with Crippen LogP contribution in [-0.4, -0.2) is 17.7 Å². The molecule has 4 nitrogen and oxygen atoms in total. The third-order valence-corrected chi connectivity index (χ3v) is 4.00. The summed E-state index contributed by atoms with van der Waals surface area (Å²) in [5.74, 6) is -1.81. The zero-order valence-corrected chi connectivity index (χ0v) is 11.6. The molecule has 108 valence electrons. The van der Waals surface area contributed by atoms with Crippen molar-refractivity contribution in [1.82, 2.24) is 0 Å². The molecule has 0 N–H and O–H groups in total. The summed E-state index contributed by atoms with van der Waals surface area (Å²) >= 11 is 0. The Morgan fingerprint density at radius 3 is 1.42 bits per heavy atom. The Kier molecular flexibility index (Phi) is 5.23. The first-order valence-electron chi connectivity index (χ1n) is 7.64. The van der Waals surface area contributed by atoms with Crippen molar-refractivity contribution in [3.05, 3.63) is 0 Å². The number of carbonyl (C=O) groups excluding carboxylic acids is 2. The van der Waals surface area contributed by atoms with Crippen LogP contribution < -0.4 is 0 Å². The van der Waals surface area contributed by atoms with Gasteiger partial charge in [-0.2, -0.15) is 0 Å². The van der Waals surface area contributed by atoms with Crippen LogP contribution in [0, 0.1) is 0 Å². The van der Waals surface area contributed by atoms with Gasteiger partial charge in [0.2, 0.25) is 0 Å². The minimum absolute atomic E-state index is 0.234. The van der Waals surface area contributed by atoms with Crippen LogP contribution in [-0.2, 0) is 19.1 Å². The van der Waals surface area contributed by atoms with E-state index >= 15 is 0 Å². The first-order chi connectivity index (χ1) is 9.20. The molecular weight excluding hydrogens is 244 g/mol. The van der Waals surface area contributed by atoms with Gasteiger partial charge in [-0.3, -0.25) is 9.59 Å². The molecular formula is C15H24O4. The molecule has 2 aliphatic rings. The molecule has 0 bridgehead atoms. The van der Waals surface area contributed by atoms with Gasteiger partial charge in [0.15, 0.2) is 0 Å². The maximum Gasteiger partial charge on any atom is 0.320 e. The topological polar surface area (TPSA) is 52.6 Å². The van der Waals surface area contributed by atoms with Gasteiger partial charge in [0, 0.05) is 12.8 Å². The monoisotopic (exact) mass is 268 g/mol. The predicted molar refractivity (Wildman–Crippen MR) is 70.3 cm³/mol. The summed E-state index contributed by atoms with van der Waals surface area (Å²) in [5.41, 5.74) is 0. The first kappa shape index (κ1) is 14.4. The number of ether oxygens (including phenoxy) is 2. The Bertz CT molecular complexity index is 294. The highest BCUT2D eigenvalue weighted by molar-refractivity contribution is 5.93. The molecule has 0 amide bonds. The first-order valence-corrected chi connectivity index (χ1v) is 7.64. The molecule has 1 heterocycles. The van der Waals surface area contributed by atoms with E-state index in [9.17, 15) is 9.59 Å². The van der Waals surface area contributed by atoms with Crippen LogP contribution in [0.3, 0.4) is 0 Å². The molecule has 2 fully saturated rings. The zero-order valence-electron chi connectivity index (χ0n) is 11.6. The highest BCUT2D eigenvalue weighted by atomic mass is 16.7. The van der Waals surface area contributed by atoms with Gasteiger partial charge < -0.3 is 9.47 Å². The van der Waals surface area contributed by atoms with E-state index in [2.05, 4.69) is 0 Å². The molecule has 0 unspecified atom stereocenters. The SMILES string of the molecule is O=C1CC(=O)OC2(CCCCCCCCCCC2)O1. The van der Waals surface area contributed by atoms with E-state index in [0.29, 0.717) is 12.8 Å². The van der Waals surface area contributed by atoms with E-state index in [1.54, 1.807) is 0 Å². The second-order valence-corrected chi connectivity index (χ2v) is 5.72. The maximum absolute atomic E-state index is 11.5. The molecule has 1 saturated heterocycles. The van der Waals surface area contributed by atoms with E-state index in [1.807, 2.05) is 0 Å². The van der Waals surface area contributed by atoms with Gasteiger partial charge in [-0.15, -0.1) is 0 Å². The van der Waals surface area contributed by atoms with Gasteiger partial charge in [0.25, 0.3) is 5.79 Å². The fourth-order valence-electron chi connectivity index (χ4n) is 2.98. The minimum Gasteiger partial charge on any atom is -0.422 e. The van der Waals surface area contributed by atoms with Crippen molar-refractivity contribution in [2.75, 3.05) is 0 Å². The largest absolute Gasteiger partial charge is 0.422 e. The van der Waals surface area contributed by atoms with Gasteiger partial charge in [-0.05, 0) is 12.8 Å². The normalized spacial score (nSPS) is 25.9. The van der Waals surface area contributed by atoms with Crippen molar-refractivity contribution in [1.29, 1.82) is 0 Å². The van der Waals surface area contributed by atoms with Gasteiger partial charge in [-0.25, -0.2) is 0 Å². The van der Waals surface area contributed by atoms with Crippen LogP contribution in [0.4, 0.5) is 0 Å². The highest BCUT2D eigenvalue weighted by Crippen LogP contribution is 2.32. The van der Waals surface area contributed by atoms with Crippen molar-refractivity contribution in [3.8, 4) is 0 Å². The lowest BCUT2D eigenvalue weighted by Gasteiger charge is -2.36. The summed E-state index contributed by atoms with van der Waals surface area (Å²) in [6.45, 7) is 0. The molecule has 1 aliphatic carbocycles. The minimum atomic E-state index is -0.953. The molecule has 2 rings (SSSR count). The molecule has 0 aromatic rings. The molecule has 0 aromatic carbocycles.